The van der Waals surface area contributed by atoms with E-state index in [1.54, 1.807) is 6.92 Å². The number of nitrogens with zero attached hydrogens (tertiary/aromatic N) is 7. The first-order valence-electron chi connectivity index (χ1n) is 10.6. The number of hydrogen-bond acceptors (Lipinski definition) is 16. The third kappa shape index (κ3) is 7.07. The third-order valence-electron chi connectivity index (χ3n) is 5.39. The van der Waals surface area contributed by atoms with E-state index in [2.05, 4.69) is 29.9 Å². The second kappa shape index (κ2) is 13.9. The van der Waals surface area contributed by atoms with Crippen molar-refractivity contribution in [3.63, 3.8) is 0 Å². The number of hydrogen-bond donors (Lipinski definition) is 2. The van der Waals surface area contributed by atoms with E-state index in [0.29, 0.717) is 0 Å². The summed E-state index contributed by atoms with van der Waals surface area (Å²) in [4.78, 5) is 63.3. The molecule has 0 spiro atoms. The fourth-order valence-corrected chi connectivity index (χ4v) is 6.70. The molecule has 2 aromatic rings. The molecule has 2 aliphatic heterocycles. The normalized spacial score (nSPS) is 22.1. The molecule has 3 atom stereocenters. The molecule has 0 bridgehead atoms. The molecule has 198 valence electrons. The van der Waals surface area contributed by atoms with Crippen molar-refractivity contribution in [2.24, 2.45) is 17.6 Å². The summed E-state index contributed by atoms with van der Waals surface area (Å²) in [5, 5.41) is 33.0. The van der Waals surface area contributed by atoms with Crippen LogP contribution < -0.4 is 85.9 Å². The summed E-state index contributed by atoms with van der Waals surface area (Å²) in [5.74, 6) is -3.76. The first-order valence-corrected chi connectivity index (χ1v) is 13.4. The molecule has 0 saturated carbocycles. The molecule has 0 aromatic carbocycles. The first-order chi connectivity index (χ1) is 17.6. The zero-order valence-electron chi connectivity index (χ0n) is 21.3. The van der Waals surface area contributed by atoms with Gasteiger partial charge in [0.25, 0.3) is 11.5 Å². The number of fused-ring (bicyclic) bond motifs is 1. The standard InChI is InChI=1S/C18H21N9O7S3.2Na/c1-3-34-24-7(9-21-16(19)37-25-9)10(28)20-8-13(31)27-4-18(15(32)33,5-35-14(8)27)6-36-17-22-11(29)12(30)23-26(17)2;;/h8,14H,3-6H2,1-2H3,(H,20,28)(H,23,30)(H,32,33)(H2,19,21,25);;/q;2*+1/p-2/t8?,14-,18?;;/m1../s1. The van der Waals surface area contributed by atoms with Gasteiger partial charge in [-0.15, -0.1) is 11.8 Å². The number of anilines is 1. The number of rotatable bonds is 9. The van der Waals surface area contributed by atoms with Crippen molar-refractivity contribution >= 4 is 63.7 Å². The average molecular weight is 616 g/mol. The quantitative estimate of drug-likeness (QED) is 0.0877. The van der Waals surface area contributed by atoms with Gasteiger partial charge in [0.15, 0.2) is 10.3 Å². The zero-order valence-corrected chi connectivity index (χ0v) is 27.7. The van der Waals surface area contributed by atoms with Gasteiger partial charge in [0.1, 0.15) is 18.0 Å². The molecule has 2 unspecified atom stereocenters. The molecule has 2 aromatic heterocycles. The largest absolute Gasteiger partial charge is 1.00 e. The van der Waals surface area contributed by atoms with E-state index in [9.17, 15) is 29.4 Å². The number of thioether (sulfide) groups is 2. The van der Waals surface area contributed by atoms with E-state index in [-0.39, 0.29) is 106 Å². The van der Waals surface area contributed by atoms with Crippen LogP contribution in [0.4, 0.5) is 5.13 Å². The minimum Gasteiger partial charge on any atom is -0.854 e. The molecule has 2 aliphatic rings. The van der Waals surface area contributed by atoms with Crippen molar-refractivity contribution < 1.29 is 88.5 Å². The van der Waals surface area contributed by atoms with Crippen molar-refractivity contribution in [1.82, 2.24) is 34.3 Å². The van der Waals surface area contributed by atoms with E-state index in [1.165, 1.54) is 11.9 Å². The smallest absolute Gasteiger partial charge is 0.854 e. The number of carboxylic acids is 1. The summed E-state index contributed by atoms with van der Waals surface area (Å²) in [6.07, 6.45) is 0. The van der Waals surface area contributed by atoms with Crippen molar-refractivity contribution in [2.45, 2.75) is 23.5 Å². The molecule has 0 radical (unpaired) electrons. The minimum atomic E-state index is -1.48. The molecule has 39 heavy (non-hydrogen) atoms. The molecule has 0 aliphatic carbocycles. The Hall–Kier alpha value is -1.45. The molecule has 16 nitrogen and oxygen atoms in total. The van der Waals surface area contributed by atoms with Gasteiger partial charge in [-0.3, -0.25) is 14.4 Å². The number of carboxylic acid groups (broad SMARTS) is 1. The SMILES string of the molecule is CCON=C(C(=O)NC1C(=O)N2CC(CSc3nc(=O)c([O-])nn3C)(C(=O)[O-])CS[C@H]12)c1nsc(N)n1.[Na+].[Na+]. The van der Waals surface area contributed by atoms with Gasteiger partial charge < -0.3 is 35.8 Å². The summed E-state index contributed by atoms with van der Waals surface area (Å²) in [5.41, 5.74) is 2.80. The third-order valence-corrected chi connectivity index (χ3v) is 8.83. The summed E-state index contributed by atoms with van der Waals surface area (Å²) in [7, 11) is 1.40. The van der Waals surface area contributed by atoms with Gasteiger partial charge in [0, 0.05) is 42.0 Å². The van der Waals surface area contributed by atoms with Crippen LogP contribution in [-0.2, 0) is 26.3 Å². The Morgan fingerprint density at radius 3 is 2.67 bits per heavy atom. The van der Waals surface area contributed by atoms with Crippen molar-refractivity contribution in [3.8, 4) is 5.88 Å². The van der Waals surface area contributed by atoms with E-state index in [0.717, 1.165) is 39.7 Å². The summed E-state index contributed by atoms with van der Waals surface area (Å²) in [6.45, 7) is 1.66. The zero-order chi connectivity index (χ0) is 26.9. The maximum atomic E-state index is 12.9. The van der Waals surface area contributed by atoms with E-state index in [1.807, 2.05) is 0 Å². The molecule has 3 N–H and O–H groups in total. The number of nitrogen functional groups attached to an aromatic ring is 1. The predicted octanol–water partition coefficient (Wildman–Crippen LogP) is -9.64. The van der Waals surface area contributed by atoms with Crippen molar-refractivity contribution in [3.05, 3.63) is 16.2 Å². The summed E-state index contributed by atoms with van der Waals surface area (Å²) in [6, 6.07) is -0.941. The number of β-lactam (4-membered cyclic amide) rings is 1. The number of amides is 2. The topological polar surface area (TPSA) is 234 Å². The van der Waals surface area contributed by atoms with Gasteiger partial charge in [-0.2, -0.15) is 19.4 Å². The number of carbonyl (C=O) groups excluding carboxylic acids is 3. The first kappa shape index (κ1) is 33.8. The number of aryl methyl sites for hydroxylation is 1. The number of nitrogens with two attached hydrogens (primary N) is 1. The Labute approximate surface area is 277 Å². The maximum Gasteiger partial charge on any atom is 1.00 e. The van der Waals surface area contributed by atoms with Crippen LogP contribution in [0, 0.1) is 5.41 Å². The Kier molecular flexibility index (Phi) is 12.1. The van der Waals surface area contributed by atoms with Crippen LogP contribution in [0.1, 0.15) is 12.7 Å². The number of nitrogens with one attached hydrogen (secondary N) is 1. The van der Waals surface area contributed by atoms with Crippen LogP contribution >= 0.6 is 35.1 Å². The number of aliphatic carboxylic acids is 1. The van der Waals surface area contributed by atoms with Gasteiger partial charge in [-0.25, -0.2) is 4.68 Å². The molecule has 4 heterocycles. The van der Waals surface area contributed by atoms with Crippen LogP contribution in [0.15, 0.2) is 15.1 Å². The predicted molar refractivity (Wildman–Crippen MR) is 127 cm³/mol. The van der Waals surface area contributed by atoms with Crippen molar-refractivity contribution in [1.29, 1.82) is 0 Å². The molecule has 2 fully saturated rings. The Balaban J connectivity index is 0.00000267. The molecule has 4 rings (SSSR count). The molecular weight excluding hydrogens is 596 g/mol. The maximum absolute atomic E-state index is 12.9. The fraction of sp³-hybridized carbons (Fsp3) is 0.500. The fourth-order valence-electron chi connectivity index (χ4n) is 3.51. The van der Waals surface area contributed by atoms with Crippen molar-refractivity contribution in [2.75, 3.05) is 30.4 Å². The van der Waals surface area contributed by atoms with Gasteiger partial charge >= 0.3 is 59.1 Å². The van der Waals surface area contributed by atoms with Gasteiger partial charge in [-0.05, 0) is 6.92 Å². The van der Waals surface area contributed by atoms with Gasteiger partial charge in [0.05, 0.1) is 11.8 Å². The molecule has 2 amide bonds. The van der Waals surface area contributed by atoms with E-state index >= 15 is 0 Å². The van der Waals surface area contributed by atoms with Crippen LogP contribution in [0.25, 0.3) is 0 Å². The average Bonchev–Trinajstić information content (AvgIpc) is 3.29. The monoisotopic (exact) mass is 615 g/mol. The molecule has 21 heteroatoms. The molecule has 2 saturated heterocycles. The number of carbonyl (C=O) groups is 3. The minimum absolute atomic E-state index is 0. The molecular formula is C18H19N9Na2O7S3. The van der Waals surface area contributed by atoms with Crippen LogP contribution in [0.5, 0.6) is 5.88 Å². The number of oxime groups is 1. The van der Waals surface area contributed by atoms with Crippen LogP contribution in [-0.4, -0.2) is 88.6 Å². The second-order valence-corrected chi connectivity index (χ2v) is 10.7. The Morgan fingerprint density at radius 2 is 2.05 bits per heavy atom. The van der Waals surface area contributed by atoms with Crippen LogP contribution in [0.2, 0.25) is 0 Å². The number of aromatic nitrogens is 5. The Bertz CT molecular complexity index is 1340. The second-order valence-electron chi connectivity index (χ2n) is 7.92. The Morgan fingerprint density at radius 1 is 1.33 bits per heavy atom. The summed E-state index contributed by atoms with van der Waals surface area (Å²) >= 11 is 2.93. The van der Waals surface area contributed by atoms with Gasteiger partial charge in [-0.1, -0.05) is 16.9 Å². The van der Waals surface area contributed by atoms with E-state index < -0.39 is 46.1 Å². The van der Waals surface area contributed by atoms with E-state index in [4.69, 9.17) is 10.6 Å². The summed E-state index contributed by atoms with van der Waals surface area (Å²) < 4.78 is 5.04. The van der Waals surface area contributed by atoms with Gasteiger partial charge in [0.2, 0.25) is 17.4 Å². The van der Waals surface area contributed by atoms with Crippen LogP contribution in [0.3, 0.4) is 0 Å².